The van der Waals surface area contributed by atoms with Crippen molar-refractivity contribution in [1.82, 2.24) is 5.32 Å². The summed E-state index contributed by atoms with van der Waals surface area (Å²) in [5, 5.41) is 3.43. The fourth-order valence-electron chi connectivity index (χ4n) is 3.67. The van der Waals surface area contributed by atoms with Gasteiger partial charge in [-0.3, -0.25) is 0 Å². The Bertz CT molecular complexity index is 245. The lowest BCUT2D eigenvalue weighted by Crippen LogP contribution is -2.44. The minimum absolute atomic E-state index is 0.199. The van der Waals surface area contributed by atoms with Gasteiger partial charge in [0, 0.05) is 19.6 Å². The summed E-state index contributed by atoms with van der Waals surface area (Å²) in [4.78, 5) is 0. The van der Waals surface area contributed by atoms with Crippen molar-refractivity contribution in [1.29, 1.82) is 0 Å². The van der Waals surface area contributed by atoms with Crippen LogP contribution in [-0.2, 0) is 9.47 Å². The van der Waals surface area contributed by atoms with Crippen molar-refractivity contribution < 1.29 is 9.47 Å². The largest absolute Gasteiger partial charge is 0.375 e. The maximum atomic E-state index is 6.28. The standard InChI is InChI=1S/C14H25NO2/c1-2-7-14(6-1)10-12(5-9-16-14)17-13-4-3-8-15-11-13/h12-13,15H,1-11H2/t12?,13-/m0/s1. The van der Waals surface area contributed by atoms with E-state index in [1.807, 2.05) is 0 Å². The molecule has 2 saturated heterocycles. The van der Waals surface area contributed by atoms with Crippen molar-refractivity contribution in [2.24, 2.45) is 0 Å². The maximum Gasteiger partial charge on any atom is 0.0707 e. The van der Waals surface area contributed by atoms with Crippen LogP contribution in [-0.4, -0.2) is 37.5 Å². The highest BCUT2D eigenvalue weighted by Gasteiger charge is 2.40. The zero-order valence-corrected chi connectivity index (χ0v) is 10.7. The van der Waals surface area contributed by atoms with Crippen molar-refractivity contribution >= 4 is 0 Å². The molecule has 98 valence electrons. The molecule has 0 aromatic heterocycles. The summed E-state index contributed by atoms with van der Waals surface area (Å²) in [6.07, 6.45) is 10.8. The first kappa shape index (κ1) is 11.9. The molecular weight excluding hydrogens is 214 g/mol. The average Bonchev–Trinajstić information content (AvgIpc) is 2.79. The molecule has 3 rings (SSSR count). The van der Waals surface area contributed by atoms with Crippen LogP contribution >= 0.6 is 0 Å². The number of nitrogens with one attached hydrogen (secondary N) is 1. The van der Waals surface area contributed by atoms with Crippen LogP contribution in [0.25, 0.3) is 0 Å². The summed E-state index contributed by atoms with van der Waals surface area (Å²) in [5.74, 6) is 0. The zero-order valence-electron chi connectivity index (χ0n) is 10.7. The van der Waals surface area contributed by atoms with Gasteiger partial charge in [0.2, 0.25) is 0 Å². The third-order valence-corrected chi connectivity index (χ3v) is 4.60. The molecule has 3 aliphatic rings. The Balaban J connectivity index is 1.52. The summed E-state index contributed by atoms with van der Waals surface area (Å²) in [7, 11) is 0. The summed E-state index contributed by atoms with van der Waals surface area (Å²) >= 11 is 0. The van der Waals surface area contributed by atoms with E-state index in [0.29, 0.717) is 12.2 Å². The number of rotatable bonds is 2. The number of ether oxygens (including phenoxy) is 2. The maximum absolute atomic E-state index is 6.28. The Labute approximate surface area is 104 Å². The third kappa shape index (κ3) is 2.83. The van der Waals surface area contributed by atoms with Gasteiger partial charge in [0.25, 0.3) is 0 Å². The van der Waals surface area contributed by atoms with Gasteiger partial charge in [0.15, 0.2) is 0 Å². The molecule has 0 bridgehead atoms. The second-order valence-corrected chi connectivity index (χ2v) is 5.96. The van der Waals surface area contributed by atoms with E-state index in [1.54, 1.807) is 0 Å². The van der Waals surface area contributed by atoms with Crippen LogP contribution in [0.1, 0.15) is 51.4 Å². The van der Waals surface area contributed by atoms with E-state index in [-0.39, 0.29) is 5.60 Å². The lowest BCUT2D eigenvalue weighted by molar-refractivity contribution is -0.146. The van der Waals surface area contributed by atoms with Gasteiger partial charge in [0.1, 0.15) is 0 Å². The first-order valence-electron chi connectivity index (χ1n) is 7.36. The van der Waals surface area contributed by atoms with E-state index in [0.717, 1.165) is 32.5 Å². The van der Waals surface area contributed by atoms with E-state index < -0.39 is 0 Å². The fraction of sp³-hybridized carbons (Fsp3) is 1.00. The van der Waals surface area contributed by atoms with Crippen LogP contribution in [0.5, 0.6) is 0 Å². The quantitative estimate of drug-likeness (QED) is 0.801. The van der Waals surface area contributed by atoms with Gasteiger partial charge in [-0.25, -0.2) is 0 Å². The molecule has 1 N–H and O–H groups in total. The Morgan fingerprint density at radius 1 is 1.06 bits per heavy atom. The molecule has 0 aromatic carbocycles. The molecule has 17 heavy (non-hydrogen) atoms. The minimum Gasteiger partial charge on any atom is -0.375 e. The Morgan fingerprint density at radius 2 is 1.94 bits per heavy atom. The third-order valence-electron chi connectivity index (χ3n) is 4.60. The second kappa shape index (κ2) is 5.25. The molecule has 3 heteroatoms. The molecule has 1 aliphatic carbocycles. The summed E-state index contributed by atoms with van der Waals surface area (Å²) in [5.41, 5.74) is 0.199. The van der Waals surface area contributed by atoms with Crippen LogP contribution < -0.4 is 5.32 Å². The second-order valence-electron chi connectivity index (χ2n) is 5.96. The van der Waals surface area contributed by atoms with Crippen molar-refractivity contribution in [3.63, 3.8) is 0 Å². The lowest BCUT2D eigenvalue weighted by Gasteiger charge is -2.40. The Morgan fingerprint density at radius 3 is 2.71 bits per heavy atom. The van der Waals surface area contributed by atoms with Crippen LogP contribution in [0.4, 0.5) is 0 Å². The topological polar surface area (TPSA) is 30.5 Å². The molecule has 3 nitrogen and oxygen atoms in total. The van der Waals surface area contributed by atoms with E-state index >= 15 is 0 Å². The highest BCUT2D eigenvalue weighted by Crippen LogP contribution is 2.41. The number of hydrogen-bond donors (Lipinski definition) is 1. The molecule has 1 spiro atoms. The summed E-state index contributed by atoms with van der Waals surface area (Å²) < 4.78 is 12.3. The molecular formula is C14H25NO2. The molecule has 1 unspecified atom stereocenters. The van der Waals surface area contributed by atoms with E-state index in [9.17, 15) is 0 Å². The van der Waals surface area contributed by atoms with Crippen molar-refractivity contribution in [3.8, 4) is 0 Å². The predicted molar refractivity (Wildman–Crippen MR) is 67.1 cm³/mol. The molecule has 2 aliphatic heterocycles. The monoisotopic (exact) mass is 239 g/mol. The van der Waals surface area contributed by atoms with E-state index in [4.69, 9.17) is 9.47 Å². The van der Waals surface area contributed by atoms with Crippen molar-refractivity contribution in [3.05, 3.63) is 0 Å². The molecule has 2 atom stereocenters. The first-order valence-corrected chi connectivity index (χ1v) is 7.36. The van der Waals surface area contributed by atoms with Crippen molar-refractivity contribution in [2.75, 3.05) is 19.7 Å². The highest BCUT2D eigenvalue weighted by molar-refractivity contribution is 4.92. The van der Waals surface area contributed by atoms with Gasteiger partial charge in [-0.15, -0.1) is 0 Å². The van der Waals surface area contributed by atoms with Crippen LogP contribution in [0, 0.1) is 0 Å². The Hall–Kier alpha value is -0.120. The van der Waals surface area contributed by atoms with Gasteiger partial charge < -0.3 is 14.8 Å². The van der Waals surface area contributed by atoms with Crippen LogP contribution in [0.2, 0.25) is 0 Å². The minimum atomic E-state index is 0.199. The van der Waals surface area contributed by atoms with Crippen LogP contribution in [0.3, 0.4) is 0 Å². The number of hydrogen-bond acceptors (Lipinski definition) is 3. The number of piperidine rings is 1. The zero-order chi connectivity index (χ0) is 11.6. The summed E-state index contributed by atoms with van der Waals surface area (Å²) in [6.45, 7) is 3.12. The van der Waals surface area contributed by atoms with Gasteiger partial charge in [0.05, 0.1) is 17.8 Å². The van der Waals surface area contributed by atoms with E-state index in [1.165, 1.54) is 38.5 Å². The molecule has 2 heterocycles. The molecule has 0 radical (unpaired) electrons. The molecule has 3 fully saturated rings. The van der Waals surface area contributed by atoms with E-state index in [2.05, 4.69) is 5.32 Å². The summed E-state index contributed by atoms with van der Waals surface area (Å²) in [6, 6.07) is 0. The highest BCUT2D eigenvalue weighted by atomic mass is 16.5. The van der Waals surface area contributed by atoms with Gasteiger partial charge in [-0.2, -0.15) is 0 Å². The fourth-order valence-corrected chi connectivity index (χ4v) is 3.67. The van der Waals surface area contributed by atoms with Crippen molar-refractivity contribution in [2.45, 2.75) is 69.2 Å². The SMILES string of the molecule is C1CNC[C@@H](OC2CCOC3(CCCC3)C2)C1. The van der Waals surface area contributed by atoms with Gasteiger partial charge >= 0.3 is 0 Å². The van der Waals surface area contributed by atoms with Gasteiger partial charge in [-0.05, 0) is 38.6 Å². The molecule has 0 aromatic rings. The van der Waals surface area contributed by atoms with Gasteiger partial charge in [-0.1, -0.05) is 12.8 Å². The smallest absolute Gasteiger partial charge is 0.0707 e. The first-order chi connectivity index (χ1) is 8.36. The Kier molecular flexibility index (Phi) is 3.69. The predicted octanol–water partition coefficient (Wildman–Crippen LogP) is 2.25. The molecule has 1 saturated carbocycles. The lowest BCUT2D eigenvalue weighted by atomic mass is 9.90. The molecule has 0 amide bonds. The normalized spacial score (nSPS) is 37.4. The average molecular weight is 239 g/mol. The van der Waals surface area contributed by atoms with Crippen LogP contribution in [0.15, 0.2) is 0 Å².